The van der Waals surface area contributed by atoms with E-state index in [-0.39, 0.29) is 5.91 Å². The van der Waals surface area contributed by atoms with Crippen LogP contribution in [-0.2, 0) is 0 Å². The zero-order valence-corrected chi connectivity index (χ0v) is 17.0. The van der Waals surface area contributed by atoms with E-state index < -0.39 is 0 Å². The Balaban J connectivity index is 2.22. The van der Waals surface area contributed by atoms with Gasteiger partial charge in [0.15, 0.2) is 0 Å². The molecule has 10 heteroatoms. The van der Waals surface area contributed by atoms with Crippen LogP contribution in [0.4, 0.5) is 11.6 Å². The summed E-state index contributed by atoms with van der Waals surface area (Å²) in [5.74, 6) is 0.184. The first-order chi connectivity index (χ1) is 13.0. The van der Waals surface area contributed by atoms with Crippen molar-refractivity contribution in [3.63, 3.8) is 0 Å². The molecule has 0 atom stereocenters. The van der Waals surface area contributed by atoms with Crippen molar-refractivity contribution in [1.82, 2.24) is 20.6 Å². The molecular formula is C17H18Cl2N6OS. The summed E-state index contributed by atoms with van der Waals surface area (Å²) in [4.78, 5) is 22.3. The van der Waals surface area contributed by atoms with Crippen LogP contribution in [0, 0.1) is 0 Å². The molecule has 0 aliphatic carbocycles. The first-order valence-electron chi connectivity index (χ1n) is 8.12. The minimum Gasteiger partial charge on any atom is -0.397 e. The highest BCUT2D eigenvalue weighted by molar-refractivity contribution is 7.21. The van der Waals surface area contributed by atoms with Gasteiger partial charge in [-0.2, -0.15) is 0 Å². The van der Waals surface area contributed by atoms with Gasteiger partial charge in [-0.3, -0.25) is 4.79 Å². The van der Waals surface area contributed by atoms with E-state index in [1.807, 2.05) is 13.1 Å². The molecular weight excluding hydrogens is 407 g/mol. The highest BCUT2D eigenvalue weighted by Crippen LogP contribution is 2.40. The van der Waals surface area contributed by atoms with Gasteiger partial charge in [0.2, 0.25) is 5.95 Å². The van der Waals surface area contributed by atoms with E-state index in [4.69, 9.17) is 28.9 Å². The van der Waals surface area contributed by atoms with Crippen molar-refractivity contribution in [2.45, 2.75) is 0 Å². The molecule has 0 unspecified atom stereocenters. The van der Waals surface area contributed by atoms with Crippen LogP contribution in [0.25, 0.3) is 21.5 Å². The Labute approximate surface area is 170 Å². The number of hydrogen-bond donors (Lipinski definition) is 4. The smallest absolute Gasteiger partial charge is 0.263 e. The molecule has 1 aromatic carbocycles. The number of anilines is 2. The molecule has 2 aromatic heterocycles. The lowest BCUT2D eigenvalue weighted by Crippen LogP contribution is -2.18. The van der Waals surface area contributed by atoms with E-state index in [1.165, 1.54) is 11.3 Å². The van der Waals surface area contributed by atoms with E-state index >= 15 is 0 Å². The van der Waals surface area contributed by atoms with Crippen LogP contribution >= 0.6 is 34.5 Å². The third-order valence-electron chi connectivity index (χ3n) is 3.87. The van der Waals surface area contributed by atoms with Gasteiger partial charge in [0.25, 0.3) is 5.91 Å². The van der Waals surface area contributed by atoms with E-state index in [2.05, 4.69) is 25.9 Å². The van der Waals surface area contributed by atoms with Crippen LogP contribution in [0.1, 0.15) is 9.67 Å². The molecule has 7 nitrogen and oxygen atoms in total. The average Bonchev–Trinajstić information content (AvgIpc) is 2.99. The normalized spacial score (nSPS) is 11.0. The Morgan fingerprint density at radius 1 is 1.19 bits per heavy atom. The summed E-state index contributed by atoms with van der Waals surface area (Å²) in [5.41, 5.74) is 7.95. The number of aromatic nitrogens is 2. The van der Waals surface area contributed by atoms with Crippen LogP contribution in [0.5, 0.6) is 0 Å². The lowest BCUT2D eigenvalue weighted by molar-refractivity contribution is 0.0968. The summed E-state index contributed by atoms with van der Waals surface area (Å²) >= 11 is 13.4. The fourth-order valence-corrected chi connectivity index (χ4v) is 3.87. The lowest BCUT2D eigenvalue weighted by Gasteiger charge is -2.09. The third-order valence-corrected chi connectivity index (χ3v) is 5.71. The van der Waals surface area contributed by atoms with Crippen molar-refractivity contribution in [3.05, 3.63) is 33.1 Å². The van der Waals surface area contributed by atoms with Gasteiger partial charge in [-0.15, -0.1) is 11.3 Å². The highest BCUT2D eigenvalue weighted by Gasteiger charge is 2.22. The molecule has 0 radical (unpaired) electrons. The molecule has 3 rings (SSSR count). The minimum absolute atomic E-state index is 0.264. The number of thiophene rings is 1. The number of amides is 1. The highest BCUT2D eigenvalue weighted by atomic mass is 35.5. The number of carbonyl (C=O) groups is 1. The molecule has 0 fully saturated rings. The Morgan fingerprint density at radius 3 is 2.63 bits per heavy atom. The van der Waals surface area contributed by atoms with E-state index in [0.717, 1.165) is 12.1 Å². The van der Waals surface area contributed by atoms with Crippen LogP contribution in [0.2, 0.25) is 10.0 Å². The number of nitrogens with two attached hydrogens (primary N) is 1. The molecule has 27 heavy (non-hydrogen) atoms. The molecule has 142 valence electrons. The van der Waals surface area contributed by atoms with Crippen molar-refractivity contribution >= 4 is 62.3 Å². The largest absolute Gasteiger partial charge is 0.397 e. The van der Waals surface area contributed by atoms with Crippen LogP contribution in [-0.4, -0.2) is 43.1 Å². The van der Waals surface area contributed by atoms with Gasteiger partial charge in [0.05, 0.1) is 26.8 Å². The van der Waals surface area contributed by atoms with Crippen molar-refractivity contribution in [1.29, 1.82) is 0 Å². The molecule has 1 amide bonds. The maximum absolute atomic E-state index is 12.2. The Bertz CT molecular complexity index is 1010. The lowest BCUT2D eigenvalue weighted by atomic mass is 10.1. The summed E-state index contributed by atoms with van der Waals surface area (Å²) in [7, 11) is 3.42. The minimum atomic E-state index is -0.264. The number of halogens is 2. The Kier molecular flexibility index (Phi) is 6.01. The van der Waals surface area contributed by atoms with Crippen LogP contribution in [0.3, 0.4) is 0 Å². The third kappa shape index (κ3) is 3.93. The van der Waals surface area contributed by atoms with E-state index in [0.29, 0.717) is 49.0 Å². The summed E-state index contributed by atoms with van der Waals surface area (Å²) in [6.45, 7) is 1.39. The number of hydrogen-bond acceptors (Lipinski definition) is 7. The number of nitrogen functional groups attached to an aromatic ring is 1. The molecule has 0 spiro atoms. The van der Waals surface area contributed by atoms with Gasteiger partial charge >= 0.3 is 0 Å². The number of rotatable bonds is 6. The second kappa shape index (κ2) is 8.26. The number of likely N-dealkylation sites (N-methyl/N-ethyl adjacent to an activating group) is 1. The first-order valence-corrected chi connectivity index (χ1v) is 9.69. The SMILES string of the molecule is CNCCNc1nc(-c2ccc(Cl)c(Cl)c2)c2c(N)c(C(=O)NC)sc2n1. The average molecular weight is 425 g/mol. The zero-order valence-electron chi connectivity index (χ0n) is 14.7. The summed E-state index contributed by atoms with van der Waals surface area (Å²) in [5, 5.41) is 10.3. The summed E-state index contributed by atoms with van der Waals surface area (Å²) in [6.07, 6.45) is 0. The maximum Gasteiger partial charge on any atom is 0.263 e. The molecule has 0 aliphatic heterocycles. The van der Waals surface area contributed by atoms with Gasteiger partial charge < -0.3 is 21.7 Å². The second-order valence-electron chi connectivity index (χ2n) is 5.66. The molecule has 5 N–H and O–H groups in total. The molecule has 2 heterocycles. The fourth-order valence-electron chi connectivity index (χ4n) is 2.53. The van der Waals surface area contributed by atoms with Gasteiger partial charge in [-0.25, -0.2) is 9.97 Å². The monoisotopic (exact) mass is 424 g/mol. The zero-order chi connectivity index (χ0) is 19.6. The molecule has 3 aromatic rings. The van der Waals surface area contributed by atoms with Gasteiger partial charge in [0.1, 0.15) is 9.71 Å². The summed E-state index contributed by atoms with van der Waals surface area (Å²) in [6, 6.07) is 5.23. The van der Waals surface area contributed by atoms with Crippen molar-refractivity contribution in [2.24, 2.45) is 0 Å². The maximum atomic E-state index is 12.2. The summed E-state index contributed by atoms with van der Waals surface area (Å²) < 4.78 is 0. The van der Waals surface area contributed by atoms with Gasteiger partial charge in [0, 0.05) is 25.7 Å². The standard InChI is InChI=1S/C17H18Cl2N6OS/c1-21-5-6-23-17-24-13(8-3-4-9(18)10(19)7-8)11-12(20)14(15(26)22-2)27-16(11)25-17/h3-4,7,21H,5-6,20H2,1-2H3,(H,22,26)(H,23,24,25). The topological polar surface area (TPSA) is 105 Å². The quantitative estimate of drug-likeness (QED) is 0.452. The second-order valence-corrected chi connectivity index (χ2v) is 7.47. The van der Waals surface area contributed by atoms with E-state index in [1.54, 1.807) is 19.2 Å². The number of nitrogens with one attached hydrogen (secondary N) is 3. The molecule has 0 saturated heterocycles. The van der Waals surface area contributed by atoms with Crippen molar-refractivity contribution < 1.29 is 4.79 Å². The number of benzene rings is 1. The first kappa shape index (κ1) is 19.6. The fraction of sp³-hybridized carbons (Fsp3) is 0.235. The van der Waals surface area contributed by atoms with Crippen molar-refractivity contribution in [3.8, 4) is 11.3 Å². The number of nitrogens with zero attached hydrogens (tertiary/aromatic N) is 2. The number of carbonyl (C=O) groups excluding carboxylic acids is 1. The van der Waals surface area contributed by atoms with Gasteiger partial charge in [-0.1, -0.05) is 29.3 Å². The van der Waals surface area contributed by atoms with Gasteiger partial charge in [-0.05, 0) is 19.2 Å². The van der Waals surface area contributed by atoms with Crippen LogP contribution < -0.4 is 21.7 Å². The Hall–Kier alpha value is -2.13. The molecule has 0 saturated carbocycles. The molecule has 0 aliphatic rings. The molecule has 0 bridgehead atoms. The van der Waals surface area contributed by atoms with E-state index in [9.17, 15) is 4.79 Å². The predicted molar refractivity (Wildman–Crippen MR) is 113 cm³/mol. The number of fused-ring (bicyclic) bond motifs is 1. The Morgan fingerprint density at radius 2 is 1.96 bits per heavy atom. The van der Waals surface area contributed by atoms with Crippen LogP contribution in [0.15, 0.2) is 18.2 Å². The predicted octanol–water partition coefficient (Wildman–Crippen LogP) is 3.24. The van der Waals surface area contributed by atoms with Crippen molar-refractivity contribution in [2.75, 3.05) is 38.2 Å².